The zero-order chi connectivity index (χ0) is 9.14. The van der Waals surface area contributed by atoms with E-state index in [1.54, 1.807) is 13.1 Å². The highest BCUT2D eigenvalue weighted by Crippen LogP contribution is 2.05. The molecule has 66 valence electrons. The van der Waals surface area contributed by atoms with Crippen LogP contribution in [0, 0.1) is 0 Å². The van der Waals surface area contributed by atoms with Crippen LogP contribution in [0.4, 0.5) is 0 Å². The minimum absolute atomic E-state index is 0.0906. The Morgan fingerprint density at radius 1 is 1.92 bits per heavy atom. The smallest absolute Gasteiger partial charge is 0.311 e. The normalized spacial score (nSPS) is 12.8. The molecule has 1 atom stereocenters. The summed E-state index contributed by atoms with van der Waals surface area (Å²) >= 11 is 0. The molecule has 1 rings (SSSR count). The van der Waals surface area contributed by atoms with Crippen LogP contribution in [0.5, 0.6) is 0 Å². The Morgan fingerprint density at radius 3 is 3.00 bits per heavy atom. The van der Waals surface area contributed by atoms with Crippen LogP contribution in [0.1, 0.15) is 24.5 Å². The van der Waals surface area contributed by atoms with Gasteiger partial charge in [0.05, 0.1) is 5.69 Å². The third-order valence-corrected chi connectivity index (χ3v) is 1.46. The molecular formula is C7H11N3O2. The average molecular weight is 169 g/mol. The van der Waals surface area contributed by atoms with Crippen LogP contribution in [-0.4, -0.2) is 21.0 Å². The maximum Gasteiger partial charge on any atom is 0.311 e. The average Bonchev–Trinajstić information content (AvgIpc) is 2.34. The number of nitrogens with zero attached hydrogens (tertiary/aromatic N) is 1. The second-order valence-electron chi connectivity index (χ2n) is 2.64. The van der Waals surface area contributed by atoms with Crippen molar-refractivity contribution in [3.63, 3.8) is 0 Å². The molecule has 0 saturated carbocycles. The number of hydrogen-bond acceptors (Lipinski definition) is 3. The lowest BCUT2D eigenvalue weighted by Crippen LogP contribution is -2.06. The second kappa shape index (κ2) is 3.36. The van der Waals surface area contributed by atoms with Gasteiger partial charge in [-0.15, -0.1) is 0 Å². The van der Waals surface area contributed by atoms with E-state index >= 15 is 0 Å². The van der Waals surface area contributed by atoms with Crippen LogP contribution in [0.15, 0.2) is 6.20 Å². The Labute approximate surface area is 69.6 Å². The summed E-state index contributed by atoms with van der Waals surface area (Å²) < 4.78 is 0. The van der Waals surface area contributed by atoms with Gasteiger partial charge in [0, 0.05) is 12.2 Å². The van der Waals surface area contributed by atoms with Gasteiger partial charge in [0.15, 0.2) is 0 Å². The van der Waals surface area contributed by atoms with Gasteiger partial charge in [-0.05, 0) is 6.92 Å². The van der Waals surface area contributed by atoms with Crippen molar-refractivity contribution in [2.75, 3.05) is 0 Å². The number of nitrogens with one attached hydrogen (secondary N) is 1. The number of aliphatic carboxylic acids is 1. The van der Waals surface area contributed by atoms with Crippen LogP contribution in [0.2, 0.25) is 0 Å². The number of aromatic nitrogens is 2. The first-order chi connectivity index (χ1) is 5.59. The number of imidazole rings is 1. The van der Waals surface area contributed by atoms with Crippen molar-refractivity contribution in [2.45, 2.75) is 19.4 Å². The molecule has 0 spiro atoms. The lowest BCUT2D eigenvalue weighted by molar-refractivity contribution is -0.136. The molecule has 0 aliphatic rings. The van der Waals surface area contributed by atoms with E-state index in [4.69, 9.17) is 10.8 Å². The number of hydrogen-bond donors (Lipinski definition) is 3. The Bertz CT molecular complexity index is 280. The van der Waals surface area contributed by atoms with Gasteiger partial charge in [-0.3, -0.25) is 4.79 Å². The summed E-state index contributed by atoms with van der Waals surface area (Å²) in [5.74, 6) is -0.463. The molecule has 5 nitrogen and oxygen atoms in total. The Balaban J connectivity index is 2.70. The Kier molecular flexibility index (Phi) is 2.44. The number of carbonyl (C=O) groups is 1. The van der Waals surface area contributed by atoms with Crippen molar-refractivity contribution >= 4 is 5.97 Å². The lowest BCUT2D eigenvalue weighted by atomic mass is 10.3. The van der Waals surface area contributed by atoms with Crippen LogP contribution in [0.3, 0.4) is 0 Å². The first-order valence-electron chi connectivity index (χ1n) is 3.60. The van der Waals surface area contributed by atoms with Crippen LogP contribution >= 0.6 is 0 Å². The van der Waals surface area contributed by atoms with Gasteiger partial charge in [-0.1, -0.05) is 0 Å². The first kappa shape index (κ1) is 8.73. The summed E-state index contributed by atoms with van der Waals surface area (Å²) in [6.07, 6.45) is 1.47. The molecule has 1 aromatic rings. The van der Waals surface area contributed by atoms with Gasteiger partial charge in [0.2, 0.25) is 0 Å². The van der Waals surface area contributed by atoms with E-state index in [9.17, 15) is 4.79 Å². The first-order valence-corrected chi connectivity index (χ1v) is 3.60. The third kappa shape index (κ3) is 2.06. The molecule has 1 unspecified atom stereocenters. The molecule has 5 heteroatoms. The Morgan fingerprint density at radius 2 is 2.58 bits per heavy atom. The number of carboxylic acids is 1. The molecule has 0 saturated heterocycles. The fourth-order valence-corrected chi connectivity index (χ4v) is 0.843. The lowest BCUT2D eigenvalue weighted by Gasteiger charge is -1.98. The number of rotatable bonds is 3. The van der Waals surface area contributed by atoms with Crippen molar-refractivity contribution in [2.24, 2.45) is 5.73 Å². The number of H-pyrrole nitrogens is 1. The summed E-state index contributed by atoms with van der Waals surface area (Å²) in [5.41, 5.74) is 6.29. The van der Waals surface area contributed by atoms with E-state index in [0.717, 1.165) is 5.69 Å². The maximum absolute atomic E-state index is 10.3. The zero-order valence-electron chi connectivity index (χ0n) is 6.74. The highest BCUT2D eigenvalue weighted by atomic mass is 16.4. The van der Waals surface area contributed by atoms with Gasteiger partial charge in [-0.2, -0.15) is 0 Å². The van der Waals surface area contributed by atoms with Gasteiger partial charge >= 0.3 is 5.97 Å². The molecule has 0 amide bonds. The van der Waals surface area contributed by atoms with Gasteiger partial charge in [0.25, 0.3) is 0 Å². The molecule has 1 aromatic heterocycles. The molecule has 0 fully saturated rings. The molecule has 0 radical (unpaired) electrons. The van der Waals surface area contributed by atoms with E-state index in [1.165, 1.54) is 0 Å². The largest absolute Gasteiger partial charge is 0.481 e. The number of nitrogens with two attached hydrogens (primary N) is 1. The van der Waals surface area contributed by atoms with Crippen molar-refractivity contribution in [3.8, 4) is 0 Å². The van der Waals surface area contributed by atoms with Crippen LogP contribution in [-0.2, 0) is 11.2 Å². The van der Waals surface area contributed by atoms with E-state index in [2.05, 4.69) is 9.97 Å². The fraction of sp³-hybridized carbons (Fsp3) is 0.429. The Hall–Kier alpha value is -1.36. The maximum atomic E-state index is 10.3. The summed E-state index contributed by atoms with van der Waals surface area (Å²) in [4.78, 5) is 16.9. The summed E-state index contributed by atoms with van der Waals surface area (Å²) in [7, 11) is 0. The molecular weight excluding hydrogens is 158 g/mol. The SMILES string of the molecule is CC(N)c1cnc(CC(=O)O)[nH]1. The van der Waals surface area contributed by atoms with Crippen molar-refractivity contribution < 1.29 is 9.90 Å². The highest BCUT2D eigenvalue weighted by Gasteiger charge is 2.06. The predicted molar refractivity (Wildman–Crippen MR) is 42.5 cm³/mol. The molecule has 1 heterocycles. The summed E-state index contributed by atoms with van der Waals surface area (Å²) in [6, 6.07) is -0.139. The zero-order valence-corrected chi connectivity index (χ0v) is 6.74. The molecule has 4 N–H and O–H groups in total. The van der Waals surface area contributed by atoms with Gasteiger partial charge in [-0.25, -0.2) is 4.98 Å². The van der Waals surface area contributed by atoms with Crippen LogP contribution in [0.25, 0.3) is 0 Å². The standard InChI is InChI=1S/C7H11N3O2/c1-4(8)5-3-9-6(10-5)2-7(11)12/h3-4H,2,8H2,1H3,(H,9,10)(H,11,12). The minimum Gasteiger partial charge on any atom is -0.481 e. The molecule has 0 bridgehead atoms. The van der Waals surface area contributed by atoms with Crippen molar-refractivity contribution in [1.82, 2.24) is 9.97 Å². The topological polar surface area (TPSA) is 92.0 Å². The van der Waals surface area contributed by atoms with Crippen LogP contribution < -0.4 is 5.73 Å². The van der Waals surface area contributed by atoms with E-state index in [0.29, 0.717) is 5.82 Å². The summed E-state index contributed by atoms with van der Waals surface area (Å²) in [5, 5.41) is 8.42. The van der Waals surface area contributed by atoms with Crippen molar-refractivity contribution in [1.29, 1.82) is 0 Å². The second-order valence-corrected chi connectivity index (χ2v) is 2.64. The third-order valence-electron chi connectivity index (χ3n) is 1.46. The molecule has 0 aliphatic carbocycles. The number of aromatic amines is 1. The quantitative estimate of drug-likeness (QED) is 0.596. The predicted octanol–water partition coefficient (Wildman–Crippen LogP) is 0.0565. The number of carboxylic acid groups (broad SMARTS) is 1. The highest BCUT2D eigenvalue weighted by molar-refractivity contribution is 5.68. The van der Waals surface area contributed by atoms with Gasteiger partial charge < -0.3 is 15.8 Å². The van der Waals surface area contributed by atoms with E-state index in [1.807, 2.05) is 0 Å². The van der Waals surface area contributed by atoms with Crippen molar-refractivity contribution in [3.05, 3.63) is 17.7 Å². The summed E-state index contributed by atoms with van der Waals surface area (Å²) in [6.45, 7) is 1.80. The molecule has 0 aromatic carbocycles. The van der Waals surface area contributed by atoms with Gasteiger partial charge in [0.1, 0.15) is 12.2 Å². The fourth-order valence-electron chi connectivity index (χ4n) is 0.843. The minimum atomic E-state index is -0.902. The molecule has 12 heavy (non-hydrogen) atoms. The monoisotopic (exact) mass is 169 g/mol. The van der Waals surface area contributed by atoms with E-state index < -0.39 is 5.97 Å². The molecule has 0 aliphatic heterocycles. The van der Waals surface area contributed by atoms with E-state index in [-0.39, 0.29) is 12.5 Å².